The summed E-state index contributed by atoms with van der Waals surface area (Å²) in [6.45, 7) is 14.9. The molecule has 3 heterocycles. The Morgan fingerprint density at radius 2 is 1.39 bits per heavy atom. The Labute approximate surface area is 329 Å². The topological polar surface area (TPSA) is 225 Å². The van der Waals surface area contributed by atoms with Crippen LogP contribution in [0.25, 0.3) is 0 Å². The summed E-state index contributed by atoms with van der Waals surface area (Å²) in [4.78, 5) is 13.6. The van der Waals surface area contributed by atoms with Gasteiger partial charge in [-0.2, -0.15) is 0 Å². The van der Waals surface area contributed by atoms with Gasteiger partial charge in [-0.3, -0.25) is 4.79 Å². The van der Waals surface area contributed by atoms with Crippen molar-refractivity contribution in [1.29, 1.82) is 0 Å². The van der Waals surface area contributed by atoms with Crippen molar-refractivity contribution < 1.29 is 69.3 Å². The van der Waals surface area contributed by atoms with E-state index in [9.17, 15) is 45.6 Å². The average Bonchev–Trinajstić information content (AvgIpc) is 3.46. The van der Waals surface area contributed by atoms with Gasteiger partial charge in [-0.25, -0.2) is 0 Å². The molecule has 2 bridgehead atoms. The van der Waals surface area contributed by atoms with E-state index in [2.05, 4.69) is 54.5 Å². The summed E-state index contributed by atoms with van der Waals surface area (Å²) in [7, 11) is 0. The van der Waals surface area contributed by atoms with Crippen molar-refractivity contribution >= 4 is 5.97 Å². The molecule has 0 radical (unpaired) electrons. The molecule has 318 valence electrons. The van der Waals surface area contributed by atoms with Crippen molar-refractivity contribution in [2.45, 2.75) is 180 Å². The zero-order chi connectivity index (χ0) is 40.7. The molecule has 0 aromatic carbocycles. The number of rotatable bonds is 6. The van der Waals surface area contributed by atoms with E-state index in [1.54, 1.807) is 0 Å². The molecular weight excluding hydrogens is 728 g/mol. The number of hydrogen-bond acceptors (Lipinski definition) is 14. The summed E-state index contributed by atoms with van der Waals surface area (Å²) in [5.41, 5.74) is -0.606. The third-order valence-electron chi connectivity index (χ3n) is 17.6. The molecule has 20 atom stereocenters. The first-order valence-electron chi connectivity index (χ1n) is 21.0. The van der Waals surface area contributed by atoms with Gasteiger partial charge in [0.2, 0.25) is 0 Å². The van der Waals surface area contributed by atoms with E-state index in [0.29, 0.717) is 25.2 Å². The molecule has 1 spiro atoms. The van der Waals surface area contributed by atoms with Gasteiger partial charge in [0.05, 0.1) is 25.4 Å². The van der Waals surface area contributed by atoms with Gasteiger partial charge < -0.3 is 64.5 Å². The lowest BCUT2D eigenvalue weighted by atomic mass is 9.33. The molecule has 0 amide bonds. The second-order valence-electron chi connectivity index (χ2n) is 20.9. The van der Waals surface area contributed by atoms with Crippen LogP contribution in [0.4, 0.5) is 0 Å². The molecule has 3 aliphatic heterocycles. The highest BCUT2D eigenvalue weighted by atomic mass is 16.7. The van der Waals surface area contributed by atoms with Gasteiger partial charge in [0, 0.05) is 11.8 Å². The van der Waals surface area contributed by atoms with Gasteiger partial charge >= 0.3 is 5.97 Å². The molecular formula is C42H66O14. The molecule has 14 heteroatoms. The maximum atomic E-state index is 13.6. The number of fused-ring (bicyclic) bond motifs is 7. The zero-order valence-electron chi connectivity index (χ0n) is 33.9. The summed E-state index contributed by atoms with van der Waals surface area (Å²) in [6, 6.07) is 0. The molecule has 7 fully saturated rings. The first-order valence-corrected chi connectivity index (χ1v) is 21.0. The Morgan fingerprint density at radius 3 is 2.07 bits per heavy atom. The van der Waals surface area contributed by atoms with Crippen LogP contribution < -0.4 is 0 Å². The molecule has 8 rings (SSSR count). The number of esters is 1. The number of aliphatic hydroxyl groups is 8. The van der Waals surface area contributed by atoms with Crippen LogP contribution in [0.2, 0.25) is 0 Å². The molecule has 0 aromatic heterocycles. The van der Waals surface area contributed by atoms with Crippen LogP contribution in [0.5, 0.6) is 0 Å². The van der Waals surface area contributed by atoms with Gasteiger partial charge in [0.1, 0.15) is 60.4 Å². The van der Waals surface area contributed by atoms with Gasteiger partial charge in [0.15, 0.2) is 12.6 Å². The normalized spacial score (nSPS) is 55.8. The Balaban J connectivity index is 0.998. The van der Waals surface area contributed by atoms with Crippen molar-refractivity contribution in [3.63, 3.8) is 0 Å². The highest BCUT2D eigenvalue weighted by Gasteiger charge is 2.74. The fraction of sp³-hybridized carbons (Fsp3) is 0.929. The van der Waals surface area contributed by atoms with Gasteiger partial charge in [-0.1, -0.05) is 60.1 Å². The molecule has 5 aliphatic carbocycles. The standard InChI is InChI=1S/C42H66O14/c1-37(2)14-20-19-8-9-24-39(5)12-11-26(38(3,4)23(39)10-13-40(24,6)41(19,7)15-25(44)42(20)16-27(37)56-36(42)51)55-35-33(50)31(48)29(46)22(54-35)18-52-34-32(49)30(47)28(45)21(17-43)53-34/h8,20-35,43-50H,9-18H2,1-7H3. The number of ether oxygens (including phenoxy) is 5. The molecule has 3 saturated heterocycles. The van der Waals surface area contributed by atoms with Crippen molar-refractivity contribution in [3.8, 4) is 0 Å². The van der Waals surface area contributed by atoms with Gasteiger partial charge in [0.25, 0.3) is 0 Å². The Kier molecular flexibility index (Phi) is 10.1. The van der Waals surface area contributed by atoms with E-state index in [4.69, 9.17) is 23.7 Å². The Bertz CT molecular complexity index is 1570. The number of allylic oxidation sites excluding steroid dienone is 2. The molecule has 56 heavy (non-hydrogen) atoms. The second-order valence-corrected chi connectivity index (χ2v) is 20.9. The first kappa shape index (κ1) is 41.5. The van der Waals surface area contributed by atoms with Crippen molar-refractivity contribution in [3.05, 3.63) is 11.6 Å². The van der Waals surface area contributed by atoms with Crippen LogP contribution in [0.1, 0.15) is 99.8 Å². The lowest BCUT2D eigenvalue weighted by molar-refractivity contribution is -0.345. The predicted molar refractivity (Wildman–Crippen MR) is 197 cm³/mol. The zero-order valence-corrected chi connectivity index (χ0v) is 33.9. The van der Waals surface area contributed by atoms with E-state index in [1.165, 1.54) is 5.57 Å². The van der Waals surface area contributed by atoms with Crippen LogP contribution in [-0.2, 0) is 28.5 Å². The maximum Gasteiger partial charge on any atom is 0.315 e. The van der Waals surface area contributed by atoms with Gasteiger partial charge in [-0.15, -0.1) is 0 Å². The van der Waals surface area contributed by atoms with Crippen LogP contribution in [0, 0.1) is 50.2 Å². The minimum Gasteiger partial charge on any atom is -0.461 e. The SMILES string of the molecule is CC1(C)CC2C3=CCC4C5(C)CCC(OC6OC(COC7OC(CO)C(O)C(O)C7O)C(O)C(O)C6O)C(C)(C)C5CCC4(C)C3(C)CC(O)C23CC1OC3=O. The number of carbonyl (C=O) groups is 1. The van der Waals surface area contributed by atoms with Crippen LogP contribution in [0.3, 0.4) is 0 Å². The third-order valence-corrected chi connectivity index (χ3v) is 17.6. The summed E-state index contributed by atoms with van der Waals surface area (Å²) < 4.78 is 29.7. The summed E-state index contributed by atoms with van der Waals surface area (Å²) >= 11 is 0. The summed E-state index contributed by atoms with van der Waals surface area (Å²) in [6.07, 6.45) is -7.50. The molecule has 4 saturated carbocycles. The van der Waals surface area contributed by atoms with Crippen LogP contribution in [-0.4, -0.2) is 140 Å². The largest absolute Gasteiger partial charge is 0.461 e. The Morgan fingerprint density at radius 1 is 0.750 bits per heavy atom. The van der Waals surface area contributed by atoms with Crippen LogP contribution >= 0.6 is 0 Å². The third kappa shape index (κ3) is 5.60. The van der Waals surface area contributed by atoms with E-state index in [1.807, 2.05) is 0 Å². The second kappa shape index (κ2) is 13.6. The average molecular weight is 795 g/mol. The lowest BCUT2D eigenvalue weighted by Gasteiger charge is -2.71. The lowest BCUT2D eigenvalue weighted by Crippen LogP contribution is -2.67. The molecule has 14 nitrogen and oxygen atoms in total. The van der Waals surface area contributed by atoms with E-state index >= 15 is 0 Å². The molecule has 0 aromatic rings. The smallest absolute Gasteiger partial charge is 0.315 e. The van der Waals surface area contributed by atoms with Crippen molar-refractivity contribution in [2.24, 2.45) is 50.2 Å². The minimum absolute atomic E-state index is 0.0522. The fourth-order valence-electron chi connectivity index (χ4n) is 14.1. The number of aliphatic hydroxyl groups excluding tert-OH is 8. The summed E-state index contributed by atoms with van der Waals surface area (Å²) in [5.74, 6) is 0.258. The Hall–Kier alpha value is -1.27. The number of carbonyl (C=O) groups excluding carboxylic acids is 1. The van der Waals surface area contributed by atoms with E-state index < -0.39 is 91.6 Å². The van der Waals surface area contributed by atoms with Crippen molar-refractivity contribution in [2.75, 3.05) is 13.2 Å². The van der Waals surface area contributed by atoms with E-state index in [0.717, 1.165) is 32.1 Å². The van der Waals surface area contributed by atoms with Gasteiger partial charge in [-0.05, 0) is 84.4 Å². The summed E-state index contributed by atoms with van der Waals surface area (Å²) in [5, 5.41) is 85.2. The molecule has 8 aliphatic rings. The quantitative estimate of drug-likeness (QED) is 0.108. The highest BCUT2D eigenvalue weighted by Crippen LogP contribution is 2.76. The molecule has 20 unspecified atom stereocenters. The fourth-order valence-corrected chi connectivity index (χ4v) is 14.1. The number of hydrogen-bond donors (Lipinski definition) is 8. The van der Waals surface area contributed by atoms with Crippen LogP contribution in [0.15, 0.2) is 11.6 Å². The van der Waals surface area contributed by atoms with Crippen molar-refractivity contribution in [1.82, 2.24) is 0 Å². The predicted octanol–water partition coefficient (Wildman–Crippen LogP) is 1.30. The van der Waals surface area contributed by atoms with E-state index in [-0.39, 0.29) is 51.7 Å². The molecule has 8 N–H and O–H groups in total. The highest BCUT2D eigenvalue weighted by molar-refractivity contribution is 5.82. The first-order chi connectivity index (χ1) is 26.1. The monoisotopic (exact) mass is 794 g/mol. The maximum absolute atomic E-state index is 13.6. The minimum atomic E-state index is -1.66.